The SMILES string of the molecule is O=C(NC(NC(=S)Nc1ccc(F)cc1)C(Cl)(Cl)Cl)c1ccco1. The van der Waals surface area contributed by atoms with Crippen LogP contribution in [0.2, 0.25) is 0 Å². The van der Waals surface area contributed by atoms with Crippen LogP contribution < -0.4 is 16.0 Å². The number of nitrogens with one attached hydrogen (secondary N) is 3. The van der Waals surface area contributed by atoms with Gasteiger partial charge < -0.3 is 20.4 Å². The van der Waals surface area contributed by atoms with Crippen molar-refractivity contribution >= 4 is 63.7 Å². The van der Waals surface area contributed by atoms with Gasteiger partial charge in [0.15, 0.2) is 10.9 Å². The Kier molecular flexibility index (Phi) is 6.28. The lowest BCUT2D eigenvalue weighted by molar-refractivity contribution is 0.0906. The number of anilines is 1. The number of benzene rings is 1. The highest BCUT2D eigenvalue weighted by molar-refractivity contribution is 7.80. The van der Waals surface area contributed by atoms with Gasteiger partial charge in [-0.1, -0.05) is 34.8 Å². The number of furan rings is 1. The van der Waals surface area contributed by atoms with E-state index < -0.39 is 15.9 Å². The first-order valence-corrected chi connectivity index (χ1v) is 8.04. The largest absolute Gasteiger partial charge is 0.459 e. The summed E-state index contributed by atoms with van der Waals surface area (Å²) in [5.74, 6) is -0.925. The van der Waals surface area contributed by atoms with Crippen molar-refractivity contribution in [3.63, 3.8) is 0 Å². The molecular formula is C14H11Cl3FN3O2S. The van der Waals surface area contributed by atoms with Crippen molar-refractivity contribution in [1.82, 2.24) is 10.6 Å². The Labute approximate surface area is 157 Å². The predicted molar refractivity (Wildman–Crippen MR) is 96.0 cm³/mol. The minimum atomic E-state index is -1.89. The van der Waals surface area contributed by atoms with Crippen LogP contribution in [0.25, 0.3) is 0 Å². The first-order valence-electron chi connectivity index (χ1n) is 6.50. The zero-order chi connectivity index (χ0) is 17.7. The summed E-state index contributed by atoms with van der Waals surface area (Å²) in [6.07, 6.45) is 0.202. The van der Waals surface area contributed by atoms with Gasteiger partial charge in [-0.15, -0.1) is 0 Å². The summed E-state index contributed by atoms with van der Waals surface area (Å²) in [5.41, 5.74) is 0.523. The van der Waals surface area contributed by atoms with Gasteiger partial charge in [-0.2, -0.15) is 0 Å². The summed E-state index contributed by atoms with van der Waals surface area (Å²) in [6, 6.07) is 8.49. The molecule has 10 heteroatoms. The molecule has 2 aromatic rings. The number of hydrogen-bond donors (Lipinski definition) is 3. The second-order valence-electron chi connectivity index (χ2n) is 4.53. The van der Waals surface area contributed by atoms with Crippen molar-refractivity contribution < 1.29 is 13.6 Å². The van der Waals surface area contributed by atoms with Crippen LogP contribution in [0, 0.1) is 5.82 Å². The molecule has 0 aliphatic carbocycles. The van der Waals surface area contributed by atoms with E-state index in [2.05, 4.69) is 16.0 Å². The molecule has 1 atom stereocenters. The van der Waals surface area contributed by atoms with Crippen LogP contribution >= 0.6 is 47.0 Å². The monoisotopic (exact) mass is 409 g/mol. The summed E-state index contributed by atoms with van der Waals surface area (Å²) in [4.78, 5) is 12.0. The molecule has 1 aromatic carbocycles. The van der Waals surface area contributed by atoms with Crippen molar-refractivity contribution in [3.8, 4) is 0 Å². The average Bonchev–Trinajstić information content (AvgIpc) is 3.02. The van der Waals surface area contributed by atoms with Crippen molar-refractivity contribution in [2.75, 3.05) is 5.32 Å². The van der Waals surface area contributed by atoms with Crippen molar-refractivity contribution in [2.24, 2.45) is 0 Å². The molecule has 0 spiro atoms. The Bertz CT molecular complexity index is 705. The van der Waals surface area contributed by atoms with Crippen LogP contribution in [-0.4, -0.2) is 21.0 Å². The number of carbonyl (C=O) groups is 1. The number of carbonyl (C=O) groups excluding carboxylic acids is 1. The van der Waals surface area contributed by atoms with Gasteiger partial charge in [-0.05, 0) is 48.6 Å². The van der Waals surface area contributed by atoms with Gasteiger partial charge in [0.1, 0.15) is 12.0 Å². The minimum absolute atomic E-state index is 0.0495. The molecule has 0 aliphatic rings. The number of halogens is 4. The molecule has 0 fully saturated rings. The maximum Gasteiger partial charge on any atom is 0.288 e. The van der Waals surface area contributed by atoms with E-state index >= 15 is 0 Å². The van der Waals surface area contributed by atoms with Crippen LogP contribution in [0.5, 0.6) is 0 Å². The van der Waals surface area contributed by atoms with E-state index in [1.54, 1.807) is 6.07 Å². The zero-order valence-corrected chi connectivity index (χ0v) is 14.9. The van der Waals surface area contributed by atoms with E-state index in [1.807, 2.05) is 0 Å². The third kappa shape index (κ3) is 5.52. The molecule has 1 heterocycles. The highest BCUT2D eigenvalue weighted by Gasteiger charge is 2.35. The Hall–Kier alpha value is -1.54. The Morgan fingerprint density at radius 1 is 1.17 bits per heavy atom. The number of thiocarbonyl (C=S) groups is 1. The third-order valence-electron chi connectivity index (χ3n) is 2.73. The lowest BCUT2D eigenvalue weighted by atomic mass is 10.3. The van der Waals surface area contributed by atoms with Gasteiger partial charge in [-0.3, -0.25) is 4.79 Å². The second-order valence-corrected chi connectivity index (χ2v) is 7.31. The number of hydrogen-bond acceptors (Lipinski definition) is 3. The average molecular weight is 411 g/mol. The summed E-state index contributed by atoms with van der Waals surface area (Å²) < 4.78 is 16.0. The van der Waals surface area contributed by atoms with Crippen LogP contribution in [-0.2, 0) is 0 Å². The fourth-order valence-corrected chi connectivity index (χ4v) is 2.20. The maximum absolute atomic E-state index is 12.9. The van der Waals surface area contributed by atoms with Crippen LogP contribution in [0.3, 0.4) is 0 Å². The standard InChI is InChI=1S/C14H11Cl3FN3O2S/c15-14(16,17)12(20-11(22)10-2-1-7-23-10)21-13(24)19-9-5-3-8(18)4-6-9/h1-7,12H,(H,20,22)(H2,19,21,24). The molecule has 128 valence electrons. The summed E-state index contributed by atoms with van der Waals surface area (Å²) in [6.45, 7) is 0. The van der Waals surface area contributed by atoms with Gasteiger partial charge in [0.25, 0.3) is 5.91 Å². The zero-order valence-electron chi connectivity index (χ0n) is 11.9. The Morgan fingerprint density at radius 2 is 1.83 bits per heavy atom. The Morgan fingerprint density at radius 3 is 2.38 bits per heavy atom. The molecule has 0 saturated heterocycles. The molecular weight excluding hydrogens is 400 g/mol. The number of alkyl halides is 3. The molecule has 3 N–H and O–H groups in total. The van der Waals surface area contributed by atoms with E-state index in [4.69, 9.17) is 51.4 Å². The van der Waals surface area contributed by atoms with Crippen molar-refractivity contribution in [1.29, 1.82) is 0 Å². The predicted octanol–water partition coefficient (Wildman–Crippen LogP) is 3.83. The lowest BCUT2D eigenvalue weighted by Gasteiger charge is -2.27. The molecule has 1 aromatic heterocycles. The summed E-state index contributed by atoms with van der Waals surface area (Å²) in [7, 11) is 0. The van der Waals surface area contributed by atoms with Gasteiger partial charge in [0, 0.05) is 5.69 Å². The van der Waals surface area contributed by atoms with Crippen molar-refractivity contribution in [2.45, 2.75) is 9.96 Å². The van der Waals surface area contributed by atoms with Crippen molar-refractivity contribution in [3.05, 3.63) is 54.2 Å². The molecule has 2 rings (SSSR count). The molecule has 1 unspecified atom stereocenters. The number of rotatable bonds is 4. The van der Waals surface area contributed by atoms with E-state index in [0.29, 0.717) is 5.69 Å². The van der Waals surface area contributed by atoms with E-state index in [0.717, 1.165) is 0 Å². The smallest absolute Gasteiger partial charge is 0.288 e. The van der Waals surface area contributed by atoms with Gasteiger partial charge in [0.2, 0.25) is 3.79 Å². The third-order valence-corrected chi connectivity index (χ3v) is 3.60. The molecule has 5 nitrogen and oxygen atoms in total. The summed E-state index contributed by atoms with van der Waals surface area (Å²) in [5, 5.41) is 7.98. The lowest BCUT2D eigenvalue weighted by Crippen LogP contribution is -2.56. The first-order chi connectivity index (χ1) is 11.3. The normalized spacial score (nSPS) is 12.3. The van der Waals surface area contributed by atoms with Crippen LogP contribution in [0.4, 0.5) is 10.1 Å². The van der Waals surface area contributed by atoms with Crippen LogP contribution in [0.15, 0.2) is 47.1 Å². The highest BCUT2D eigenvalue weighted by Crippen LogP contribution is 2.29. The molecule has 0 saturated carbocycles. The molecule has 0 bridgehead atoms. The number of amides is 1. The highest BCUT2D eigenvalue weighted by atomic mass is 35.6. The van der Waals surface area contributed by atoms with Crippen LogP contribution in [0.1, 0.15) is 10.6 Å². The van der Waals surface area contributed by atoms with E-state index in [1.165, 1.54) is 36.6 Å². The molecule has 0 aliphatic heterocycles. The minimum Gasteiger partial charge on any atom is -0.459 e. The second kappa shape index (κ2) is 8.02. The maximum atomic E-state index is 12.9. The first kappa shape index (κ1) is 18.8. The van der Waals surface area contributed by atoms with Gasteiger partial charge in [-0.25, -0.2) is 4.39 Å². The topological polar surface area (TPSA) is 66.3 Å². The summed E-state index contributed by atoms with van der Waals surface area (Å²) >= 11 is 22.7. The molecule has 24 heavy (non-hydrogen) atoms. The fourth-order valence-electron chi connectivity index (χ4n) is 1.64. The van der Waals surface area contributed by atoms with Gasteiger partial charge >= 0.3 is 0 Å². The molecule has 0 radical (unpaired) electrons. The van der Waals surface area contributed by atoms with Gasteiger partial charge in [0.05, 0.1) is 6.26 Å². The Balaban J connectivity index is 2.01. The fraction of sp³-hybridized carbons (Fsp3) is 0.143. The molecule has 1 amide bonds. The van der Waals surface area contributed by atoms with E-state index in [-0.39, 0.29) is 16.7 Å². The quantitative estimate of drug-likeness (QED) is 0.406. The van der Waals surface area contributed by atoms with E-state index in [9.17, 15) is 9.18 Å².